The number of pyridine rings is 1. The van der Waals surface area contributed by atoms with Gasteiger partial charge in [-0.3, -0.25) is 14.7 Å². The molecule has 0 spiro atoms. The van der Waals surface area contributed by atoms with E-state index in [4.69, 9.17) is 0 Å². The van der Waals surface area contributed by atoms with Crippen molar-refractivity contribution in [3.05, 3.63) is 29.6 Å². The van der Waals surface area contributed by atoms with Gasteiger partial charge in [-0.15, -0.1) is 0 Å². The van der Waals surface area contributed by atoms with E-state index in [0.29, 0.717) is 5.69 Å². The maximum absolute atomic E-state index is 11.4. The molecule has 0 amide bonds. The molecular weight excluding hydrogens is 220 g/mol. The second kappa shape index (κ2) is 5.46. The van der Waals surface area contributed by atoms with Gasteiger partial charge in [-0.1, -0.05) is 6.07 Å². The molecule has 1 saturated heterocycles. The fourth-order valence-corrected chi connectivity index (χ4v) is 2.86. The van der Waals surface area contributed by atoms with Crippen molar-refractivity contribution in [3.63, 3.8) is 0 Å². The second-order valence-corrected chi connectivity index (χ2v) is 5.18. The number of hydrogen-bond donors (Lipinski definition) is 0. The first-order chi connectivity index (χ1) is 7.77. The van der Waals surface area contributed by atoms with Gasteiger partial charge >= 0.3 is 0 Å². The fraction of sp³-hybridized carbons (Fsp3) is 0.500. The molecular formula is C12H16N2OS. The quantitative estimate of drug-likeness (QED) is 0.750. The van der Waals surface area contributed by atoms with Crippen LogP contribution in [0.15, 0.2) is 18.3 Å². The van der Waals surface area contributed by atoms with Gasteiger partial charge < -0.3 is 0 Å². The van der Waals surface area contributed by atoms with Gasteiger partial charge in [0.1, 0.15) is 5.69 Å². The number of carbonyl (C=O) groups is 1. The van der Waals surface area contributed by atoms with Crippen LogP contribution >= 0.6 is 11.8 Å². The number of rotatable bonds is 3. The highest BCUT2D eigenvalue weighted by Gasteiger charge is 2.14. The number of hydrogen-bond acceptors (Lipinski definition) is 4. The minimum absolute atomic E-state index is 0.0574. The lowest BCUT2D eigenvalue weighted by molar-refractivity contribution is 0.101. The van der Waals surface area contributed by atoms with Crippen LogP contribution in [-0.2, 0) is 6.54 Å². The largest absolute Gasteiger partial charge is 0.297 e. The average molecular weight is 236 g/mol. The zero-order valence-electron chi connectivity index (χ0n) is 9.48. The molecule has 0 N–H and O–H groups in total. The Morgan fingerprint density at radius 2 is 2.25 bits per heavy atom. The molecule has 3 nitrogen and oxygen atoms in total. The summed E-state index contributed by atoms with van der Waals surface area (Å²) in [5.74, 6) is 2.44. The lowest BCUT2D eigenvalue weighted by Gasteiger charge is -2.26. The Balaban J connectivity index is 2.10. The molecule has 0 aromatic carbocycles. The molecule has 2 heterocycles. The Morgan fingerprint density at radius 3 is 2.94 bits per heavy atom. The molecule has 1 aromatic heterocycles. The number of thioether (sulfide) groups is 1. The molecule has 0 unspecified atom stereocenters. The third-order valence-corrected chi connectivity index (χ3v) is 3.66. The van der Waals surface area contributed by atoms with Crippen LogP contribution < -0.4 is 0 Å². The summed E-state index contributed by atoms with van der Waals surface area (Å²) in [7, 11) is 0. The van der Waals surface area contributed by atoms with E-state index in [2.05, 4.69) is 9.88 Å². The van der Waals surface area contributed by atoms with Gasteiger partial charge in [0.05, 0.1) is 0 Å². The first-order valence-corrected chi connectivity index (χ1v) is 6.68. The molecule has 1 aromatic rings. The summed E-state index contributed by atoms with van der Waals surface area (Å²) in [5.41, 5.74) is 1.68. The van der Waals surface area contributed by atoms with Crippen LogP contribution in [-0.4, -0.2) is 40.3 Å². The normalized spacial score (nSPS) is 17.3. The van der Waals surface area contributed by atoms with Crippen molar-refractivity contribution in [2.24, 2.45) is 0 Å². The number of nitrogens with zero attached hydrogens (tertiary/aromatic N) is 2. The van der Waals surface area contributed by atoms with Crippen molar-refractivity contribution in [2.75, 3.05) is 24.6 Å². The van der Waals surface area contributed by atoms with Gasteiger partial charge in [-0.25, -0.2) is 0 Å². The Kier molecular flexibility index (Phi) is 3.96. The zero-order valence-corrected chi connectivity index (χ0v) is 10.3. The predicted octanol–water partition coefficient (Wildman–Crippen LogP) is 1.83. The van der Waals surface area contributed by atoms with E-state index in [1.54, 1.807) is 13.1 Å². The highest BCUT2D eigenvalue weighted by molar-refractivity contribution is 7.99. The average Bonchev–Trinajstić information content (AvgIpc) is 2.31. The van der Waals surface area contributed by atoms with Gasteiger partial charge in [0.25, 0.3) is 0 Å². The van der Waals surface area contributed by atoms with E-state index in [9.17, 15) is 4.79 Å². The maximum atomic E-state index is 11.4. The second-order valence-electron chi connectivity index (χ2n) is 3.96. The van der Waals surface area contributed by atoms with E-state index < -0.39 is 0 Å². The zero-order chi connectivity index (χ0) is 11.4. The van der Waals surface area contributed by atoms with E-state index in [1.165, 1.54) is 11.5 Å². The third-order valence-electron chi connectivity index (χ3n) is 2.72. The minimum Gasteiger partial charge on any atom is -0.297 e. The number of aromatic nitrogens is 1. The summed E-state index contributed by atoms with van der Waals surface area (Å²) in [4.78, 5) is 18.0. The van der Waals surface area contributed by atoms with Crippen LogP contribution in [0.4, 0.5) is 0 Å². The molecule has 1 aliphatic rings. The molecule has 0 saturated carbocycles. The van der Waals surface area contributed by atoms with Crippen molar-refractivity contribution in [3.8, 4) is 0 Å². The predicted molar refractivity (Wildman–Crippen MR) is 66.8 cm³/mol. The van der Waals surface area contributed by atoms with Gasteiger partial charge in [0, 0.05) is 44.3 Å². The molecule has 1 aliphatic heterocycles. The lowest BCUT2D eigenvalue weighted by atomic mass is 10.1. The molecule has 1 fully saturated rings. The molecule has 0 aliphatic carbocycles. The molecule has 4 heteroatoms. The van der Waals surface area contributed by atoms with Crippen LogP contribution in [0.5, 0.6) is 0 Å². The minimum atomic E-state index is 0.0574. The Morgan fingerprint density at radius 1 is 1.50 bits per heavy atom. The van der Waals surface area contributed by atoms with Crippen molar-refractivity contribution in [1.29, 1.82) is 0 Å². The monoisotopic (exact) mass is 236 g/mol. The van der Waals surface area contributed by atoms with Crippen LogP contribution in [0.3, 0.4) is 0 Å². The van der Waals surface area contributed by atoms with Crippen LogP contribution in [0.1, 0.15) is 23.0 Å². The standard InChI is InChI=1S/C12H16N2OS/c1-10(15)12-11(3-2-4-13-12)9-14-5-7-16-8-6-14/h2-4H,5-9H2,1H3. The number of ketones is 1. The van der Waals surface area contributed by atoms with E-state index in [1.807, 2.05) is 23.9 Å². The topological polar surface area (TPSA) is 33.2 Å². The molecule has 16 heavy (non-hydrogen) atoms. The first kappa shape index (κ1) is 11.6. The first-order valence-electron chi connectivity index (χ1n) is 5.52. The summed E-state index contributed by atoms with van der Waals surface area (Å²) < 4.78 is 0. The molecule has 2 rings (SSSR count). The summed E-state index contributed by atoms with van der Waals surface area (Å²) in [6.07, 6.45) is 1.69. The van der Waals surface area contributed by atoms with E-state index in [0.717, 1.165) is 25.2 Å². The fourth-order valence-electron chi connectivity index (χ4n) is 1.88. The summed E-state index contributed by atoms with van der Waals surface area (Å²) in [6.45, 7) is 4.65. The molecule has 0 atom stereocenters. The molecule has 0 radical (unpaired) electrons. The SMILES string of the molecule is CC(=O)c1ncccc1CN1CCSCC1. The maximum Gasteiger partial charge on any atom is 0.178 e. The van der Waals surface area contributed by atoms with Crippen molar-refractivity contribution in [1.82, 2.24) is 9.88 Å². The summed E-state index contributed by atoms with van der Waals surface area (Å²) in [6, 6.07) is 3.91. The van der Waals surface area contributed by atoms with Gasteiger partial charge in [0.2, 0.25) is 0 Å². The van der Waals surface area contributed by atoms with Crippen molar-refractivity contribution < 1.29 is 4.79 Å². The van der Waals surface area contributed by atoms with Crippen LogP contribution in [0.25, 0.3) is 0 Å². The Labute approximate surface area is 100 Å². The highest BCUT2D eigenvalue weighted by atomic mass is 32.2. The molecule has 86 valence electrons. The number of carbonyl (C=O) groups excluding carboxylic acids is 1. The Bertz CT molecular complexity index is 375. The Hall–Kier alpha value is -0.870. The third kappa shape index (κ3) is 2.83. The van der Waals surface area contributed by atoms with Gasteiger partial charge in [0.15, 0.2) is 5.78 Å². The lowest BCUT2D eigenvalue weighted by Crippen LogP contribution is -2.32. The van der Waals surface area contributed by atoms with Crippen LogP contribution in [0.2, 0.25) is 0 Å². The van der Waals surface area contributed by atoms with Crippen LogP contribution in [0, 0.1) is 0 Å². The van der Waals surface area contributed by atoms with E-state index in [-0.39, 0.29) is 5.78 Å². The van der Waals surface area contributed by atoms with Crippen molar-refractivity contribution >= 4 is 17.5 Å². The van der Waals surface area contributed by atoms with Gasteiger partial charge in [-0.2, -0.15) is 11.8 Å². The summed E-state index contributed by atoms with van der Waals surface area (Å²) in [5, 5.41) is 0. The highest BCUT2D eigenvalue weighted by Crippen LogP contribution is 2.14. The molecule has 0 bridgehead atoms. The van der Waals surface area contributed by atoms with Crippen molar-refractivity contribution in [2.45, 2.75) is 13.5 Å². The number of Topliss-reactive ketones (excluding diaryl/α,β-unsaturated/α-hetero) is 1. The smallest absolute Gasteiger partial charge is 0.178 e. The van der Waals surface area contributed by atoms with E-state index >= 15 is 0 Å². The van der Waals surface area contributed by atoms with Gasteiger partial charge in [-0.05, 0) is 11.6 Å². The summed E-state index contributed by atoms with van der Waals surface area (Å²) >= 11 is 2.00.